The van der Waals surface area contributed by atoms with Crippen molar-refractivity contribution >= 4 is 28.5 Å². The summed E-state index contributed by atoms with van der Waals surface area (Å²) in [6.45, 7) is 3.79. The Labute approximate surface area is 157 Å². The molecule has 5 heterocycles. The first kappa shape index (κ1) is 16.4. The molecule has 1 fully saturated rings. The lowest BCUT2D eigenvalue weighted by atomic mass is 10.0. The Bertz CT molecular complexity index is 972. The summed E-state index contributed by atoms with van der Waals surface area (Å²) in [5.74, 6) is 1.64. The predicted molar refractivity (Wildman–Crippen MR) is 103 cm³/mol. The molecule has 1 saturated heterocycles. The smallest absolute Gasteiger partial charge is 0.183 e. The van der Waals surface area contributed by atoms with Gasteiger partial charge in [-0.15, -0.1) is 0 Å². The Balaban J connectivity index is 1.50. The number of anilines is 3. The van der Waals surface area contributed by atoms with Gasteiger partial charge in [0.25, 0.3) is 0 Å². The van der Waals surface area contributed by atoms with Gasteiger partial charge in [-0.25, -0.2) is 9.97 Å². The first-order valence-corrected chi connectivity index (χ1v) is 9.58. The fraction of sp³-hybridized carbons (Fsp3) is 0.474. The normalized spacial score (nSPS) is 22.9. The Hall–Kier alpha value is -2.74. The molecule has 5 rings (SSSR count). The Kier molecular flexibility index (Phi) is 3.93. The summed E-state index contributed by atoms with van der Waals surface area (Å²) in [6, 6.07) is 4.29. The van der Waals surface area contributed by atoms with Crippen LogP contribution in [0.2, 0.25) is 0 Å². The largest absolute Gasteiger partial charge is 0.393 e. The van der Waals surface area contributed by atoms with Crippen molar-refractivity contribution in [3.8, 4) is 0 Å². The van der Waals surface area contributed by atoms with Crippen molar-refractivity contribution in [3.63, 3.8) is 0 Å². The molecule has 2 aliphatic heterocycles. The van der Waals surface area contributed by atoms with Crippen LogP contribution in [0.3, 0.4) is 0 Å². The maximum atomic E-state index is 9.85. The molecule has 0 saturated carbocycles. The van der Waals surface area contributed by atoms with Gasteiger partial charge in [0.2, 0.25) is 0 Å². The highest BCUT2D eigenvalue weighted by atomic mass is 16.3. The molecular weight excluding hydrogens is 342 g/mol. The molecule has 2 aliphatic rings. The molecule has 0 aliphatic carbocycles. The van der Waals surface area contributed by atoms with E-state index in [2.05, 4.69) is 38.0 Å². The van der Waals surface area contributed by atoms with Crippen LogP contribution in [0.5, 0.6) is 0 Å². The van der Waals surface area contributed by atoms with E-state index in [1.165, 1.54) is 0 Å². The lowest BCUT2D eigenvalue weighted by molar-refractivity contribution is 0.131. The average molecular weight is 365 g/mol. The van der Waals surface area contributed by atoms with Gasteiger partial charge in [0.15, 0.2) is 17.0 Å². The van der Waals surface area contributed by atoms with Crippen molar-refractivity contribution in [1.82, 2.24) is 25.1 Å². The fourth-order valence-corrected chi connectivity index (χ4v) is 4.21. The average Bonchev–Trinajstić information content (AvgIpc) is 3.10. The molecule has 2 atom stereocenters. The number of pyridine rings is 1. The number of aromatic nitrogens is 5. The van der Waals surface area contributed by atoms with Crippen LogP contribution in [-0.4, -0.2) is 55.5 Å². The number of aryl methyl sites for hydroxylation is 1. The summed E-state index contributed by atoms with van der Waals surface area (Å²) >= 11 is 0. The van der Waals surface area contributed by atoms with Crippen molar-refractivity contribution in [2.75, 3.05) is 22.9 Å². The van der Waals surface area contributed by atoms with Gasteiger partial charge in [-0.05, 0) is 44.7 Å². The molecule has 140 valence electrons. The van der Waals surface area contributed by atoms with Crippen LogP contribution in [0.4, 0.5) is 17.3 Å². The summed E-state index contributed by atoms with van der Waals surface area (Å²) < 4.78 is 0. The summed E-state index contributed by atoms with van der Waals surface area (Å²) in [5.41, 5.74) is 3.67. The summed E-state index contributed by atoms with van der Waals surface area (Å²) in [5, 5.41) is 17.4. The number of hydrogen-bond donors (Lipinski definition) is 2. The van der Waals surface area contributed by atoms with Gasteiger partial charge in [-0.2, -0.15) is 5.10 Å². The second kappa shape index (κ2) is 6.45. The van der Waals surface area contributed by atoms with E-state index in [1.54, 1.807) is 0 Å². The van der Waals surface area contributed by atoms with Crippen molar-refractivity contribution in [3.05, 3.63) is 30.2 Å². The molecule has 2 N–H and O–H groups in total. The molecule has 0 radical (unpaired) electrons. The number of hydrogen-bond acceptors (Lipinski definition) is 7. The van der Waals surface area contributed by atoms with Gasteiger partial charge in [-0.3, -0.25) is 10.1 Å². The lowest BCUT2D eigenvalue weighted by Crippen LogP contribution is -2.43. The van der Waals surface area contributed by atoms with E-state index in [1.807, 2.05) is 18.5 Å². The molecule has 0 spiro atoms. The highest BCUT2D eigenvalue weighted by Crippen LogP contribution is 2.34. The first-order valence-electron chi connectivity index (χ1n) is 9.58. The third-order valence-corrected chi connectivity index (χ3v) is 5.59. The van der Waals surface area contributed by atoms with E-state index in [0.29, 0.717) is 5.65 Å². The second-order valence-electron chi connectivity index (χ2n) is 7.42. The molecule has 0 aromatic carbocycles. The zero-order valence-corrected chi connectivity index (χ0v) is 15.3. The summed E-state index contributed by atoms with van der Waals surface area (Å²) in [4.78, 5) is 18.4. The minimum atomic E-state index is -0.223. The maximum absolute atomic E-state index is 9.85. The van der Waals surface area contributed by atoms with Crippen molar-refractivity contribution in [2.24, 2.45) is 0 Å². The van der Waals surface area contributed by atoms with Crippen LogP contribution in [-0.2, 0) is 6.42 Å². The minimum absolute atomic E-state index is 0.223. The number of aliphatic hydroxyl groups is 1. The number of nitrogens with one attached hydrogen (secondary N) is 1. The van der Waals surface area contributed by atoms with E-state index in [9.17, 15) is 5.11 Å². The van der Waals surface area contributed by atoms with E-state index in [-0.39, 0.29) is 12.1 Å². The number of fused-ring (bicyclic) bond motifs is 2. The maximum Gasteiger partial charge on any atom is 0.183 e. The van der Waals surface area contributed by atoms with Gasteiger partial charge >= 0.3 is 0 Å². The quantitative estimate of drug-likeness (QED) is 0.719. The molecule has 27 heavy (non-hydrogen) atoms. The number of aliphatic hydroxyl groups excluding tert-OH is 1. The van der Waals surface area contributed by atoms with Gasteiger partial charge in [0, 0.05) is 25.3 Å². The number of H-pyrrole nitrogens is 1. The molecule has 0 unspecified atom stereocenters. The van der Waals surface area contributed by atoms with Crippen molar-refractivity contribution in [1.29, 1.82) is 0 Å². The highest BCUT2D eigenvalue weighted by molar-refractivity contribution is 5.87. The number of rotatable bonds is 2. The van der Waals surface area contributed by atoms with Crippen molar-refractivity contribution < 1.29 is 5.11 Å². The topological polar surface area (TPSA) is 94.1 Å². The highest BCUT2D eigenvalue weighted by Gasteiger charge is 2.27. The van der Waals surface area contributed by atoms with E-state index in [4.69, 9.17) is 9.97 Å². The molecule has 0 amide bonds. The number of aromatic amines is 1. The van der Waals surface area contributed by atoms with Crippen LogP contribution >= 0.6 is 0 Å². The van der Waals surface area contributed by atoms with Crippen LogP contribution in [0, 0.1) is 0 Å². The Morgan fingerprint density at radius 3 is 3.07 bits per heavy atom. The standard InChI is InChI=1S/C19H23N7O/c1-12-10-13(27)6-9-25(12)16-11-21-17-18(22-16)23-24-19(17)26-8-3-4-14-15(26)5-2-7-20-14/h2,5,7,11-13,27H,3-4,6,8-10H2,1H3,(H,22,23,24)/t12-,13-/m1/s1. The van der Waals surface area contributed by atoms with Gasteiger partial charge in [0.05, 0.1) is 23.7 Å². The molecule has 3 aromatic heterocycles. The first-order chi connectivity index (χ1) is 13.2. The number of nitrogens with zero attached hydrogens (tertiary/aromatic N) is 6. The minimum Gasteiger partial charge on any atom is -0.393 e. The van der Waals surface area contributed by atoms with Gasteiger partial charge in [-0.1, -0.05) is 0 Å². The molecule has 0 bridgehead atoms. The van der Waals surface area contributed by atoms with Crippen LogP contribution in [0.15, 0.2) is 24.5 Å². The monoisotopic (exact) mass is 365 g/mol. The third kappa shape index (κ3) is 2.80. The van der Waals surface area contributed by atoms with Gasteiger partial charge < -0.3 is 14.9 Å². The molecule has 3 aromatic rings. The zero-order valence-electron chi connectivity index (χ0n) is 15.3. The molecule has 8 heteroatoms. The fourth-order valence-electron chi connectivity index (χ4n) is 4.21. The van der Waals surface area contributed by atoms with E-state index >= 15 is 0 Å². The lowest BCUT2D eigenvalue weighted by Gasteiger charge is -2.36. The predicted octanol–water partition coefficient (Wildman–Crippen LogP) is 2.18. The Morgan fingerprint density at radius 2 is 2.19 bits per heavy atom. The van der Waals surface area contributed by atoms with Crippen LogP contribution in [0.25, 0.3) is 11.2 Å². The van der Waals surface area contributed by atoms with E-state index < -0.39 is 0 Å². The number of piperidine rings is 1. The Morgan fingerprint density at radius 1 is 1.26 bits per heavy atom. The van der Waals surface area contributed by atoms with E-state index in [0.717, 1.165) is 67.3 Å². The van der Waals surface area contributed by atoms with Crippen LogP contribution in [0.1, 0.15) is 31.9 Å². The van der Waals surface area contributed by atoms with Crippen molar-refractivity contribution in [2.45, 2.75) is 44.8 Å². The zero-order chi connectivity index (χ0) is 18.4. The molecule has 8 nitrogen and oxygen atoms in total. The third-order valence-electron chi connectivity index (χ3n) is 5.59. The summed E-state index contributed by atoms with van der Waals surface area (Å²) in [6.07, 6.45) is 6.99. The second-order valence-corrected chi connectivity index (χ2v) is 7.42. The van der Waals surface area contributed by atoms with Gasteiger partial charge in [0.1, 0.15) is 5.82 Å². The SMILES string of the molecule is C[C@@H]1C[C@H](O)CCN1c1cnc2c(N3CCCc4ncccc43)n[nH]c2n1. The summed E-state index contributed by atoms with van der Waals surface area (Å²) in [7, 11) is 0. The molecular formula is C19H23N7O. The van der Waals surface area contributed by atoms with Crippen LogP contribution < -0.4 is 9.80 Å².